The number of aryl methyl sites for hydroxylation is 1. The van der Waals surface area contributed by atoms with E-state index in [0.29, 0.717) is 5.92 Å². The lowest BCUT2D eigenvalue weighted by Gasteiger charge is -2.13. The van der Waals surface area contributed by atoms with Gasteiger partial charge in [-0.1, -0.05) is 13.8 Å². The first kappa shape index (κ1) is 11.2. The van der Waals surface area contributed by atoms with Crippen molar-refractivity contribution >= 4 is 0 Å². The second-order valence-electron chi connectivity index (χ2n) is 4.15. The van der Waals surface area contributed by atoms with Crippen molar-refractivity contribution in [3.05, 3.63) is 18.2 Å². The molecule has 2 N–H and O–H groups in total. The Morgan fingerprint density at radius 1 is 1.43 bits per heavy atom. The SMILES string of the molecule is CCn1ccnc1C(N)CCC(C)C. The number of hydrogen-bond donors (Lipinski definition) is 1. The average molecular weight is 195 g/mol. The van der Waals surface area contributed by atoms with Crippen LogP contribution in [0.25, 0.3) is 0 Å². The molecule has 0 aliphatic carbocycles. The highest BCUT2D eigenvalue weighted by Crippen LogP contribution is 2.16. The van der Waals surface area contributed by atoms with Crippen molar-refractivity contribution in [1.29, 1.82) is 0 Å². The molecule has 0 aliphatic rings. The summed E-state index contributed by atoms with van der Waals surface area (Å²) in [6.07, 6.45) is 6.01. The van der Waals surface area contributed by atoms with Crippen LogP contribution in [0.15, 0.2) is 12.4 Å². The van der Waals surface area contributed by atoms with Gasteiger partial charge in [0.15, 0.2) is 0 Å². The third kappa shape index (κ3) is 2.84. The van der Waals surface area contributed by atoms with Crippen molar-refractivity contribution in [2.45, 2.75) is 46.2 Å². The van der Waals surface area contributed by atoms with Gasteiger partial charge in [0.1, 0.15) is 5.82 Å². The summed E-state index contributed by atoms with van der Waals surface area (Å²) in [5, 5.41) is 0. The molecule has 0 bridgehead atoms. The summed E-state index contributed by atoms with van der Waals surface area (Å²) in [5.41, 5.74) is 6.08. The Morgan fingerprint density at radius 3 is 2.71 bits per heavy atom. The van der Waals surface area contributed by atoms with Crippen LogP contribution < -0.4 is 5.73 Å². The molecule has 0 aromatic carbocycles. The van der Waals surface area contributed by atoms with E-state index in [1.807, 2.05) is 12.4 Å². The Morgan fingerprint density at radius 2 is 2.14 bits per heavy atom. The standard InChI is InChI=1S/C11H21N3/c1-4-14-8-7-13-11(14)10(12)6-5-9(2)3/h7-10H,4-6,12H2,1-3H3. The molecule has 80 valence electrons. The maximum atomic E-state index is 6.08. The van der Waals surface area contributed by atoms with Crippen LogP contribution in [0.5, 0.6) is 0 Å². The summed E-state index contributed by atoms with van der Waals surface area (Å²) in [6, 6.07) is 0.0901. The molecule has 0 saturated heterocycles. The van der Waals surface area contributed by atoms with Crippen molar-refractivity contribution in [3.8, 4) is 0 Å². The van der Waals surface area contributed by atoms with Crippen molar-refractivity contribution in [2.75, 3.05) is 0 Å². The highest BCUT2D eigenvalue weighted by molar-refractivity contribution is 4.98. The van der Waals surface area contributed by atoms with E-state index >= 15 is 0 Å². The van der Waals surface area contributed by atoms with Crippen LogP contribution in [0, 0.1) is 5.92 Å². The second-order valence-corrected chi connectivity index (χ2v) is 4.15. The minimum absolute atomic E-state index is 0.0901. The van der Waals surface area contributed by atoms with Gasteiger partial charge in [-0.05, 0) is 25.7 Å². The van der Waals surface area contributed by atoms with E-state index in [4.69, 9.17) is 5.73 Å². The van der Waals surface area contributed by atoms with Crippen LogP contribution in [-0.2, 0) is 6.54 Å². The van der Waals surface area contributed by atoms with E-state index in [1.54, 1.807) is 0 Å². The molecule has 1 unspecified atom stereocenters. The third-order valence-corrected chi connectivity index (χ3v) is 2.48. The first-order valence-corrected chi connectivity index (χ1v) is 5.41. The molecular formula is C11H21N3. The van der Waals surface area contributed by atoms with E-state index < -0.39 is 0 Å². The van der Waals surface area contributed by atoms with Crippen LogP contribution in [0.2, 0.25) is 0 Å². The van der Waals surface area contributed by atoms with Crippen molar-refractivity contribution in [1.82, 2.24) is 9.55 Å². The number of hydrogen-bond acceptors (Lipinski definition) is 2. The summed E-state index contributed by atoms with van der Waals surface area (Å²) in [7, 11) is 0. The van der Waals surface area contributed by atoms with Gasteiger partial charge in [0, 0.05) is 18.9 Å². The van der Waals surface area contributed by atoms with Gasteiger partial charge in [-0.25, -0.2) is 4.98 Å². The maximum Gasteiger partial charge on any atom is 0.125 e. The van der Waals surface area contributed by atoms with Gasteiger partial charge in [0.25, 0.3) is 0 Å². The van der Waals surface area contributed by atoms with Gasteiger partial charge < -0.3 is 10.3 Å². The van der Waals surface area contributed by atoms with Crippen LogP contribution in [-0.4, -0.2) is 9.55 Å². The van der Waals surface area contributed by atoms with Gasteiger partial charge >= 0.3 is 0 Å². The first-order valence-electron chi connectivity index (χ1n) is 5.41. The number of aromatic nitrogens is 2. The minimum Gasteiger partial charge on any atom is -0.334 e. The number of imidazole rings is 1. The lowest BCUT2D eigenvalue weighted by Crippen LogP contribution is -2.16. The summed E-state index contributed by atoms with van der Waals surface area (Å²) < 4.78 is 2.12. The number of nitrogens with two attached hydrogens (primary N) is 1. The fraction of sp³-hybridized carbons (Fsp3) is 0.727. The lowest BCUT2D eigenvalue weighted by molar-refractivity contribution is 0.481. The Kier molecular flexibility index (Phi) is 4.14. The van der Waals surface area contributed by atoms with Gasteiger partial charge in [-0.3, -0.25) is 0 Å². The zero-order valence-electron chi connectivity index (χ0n) is 9.40. The fourth-order valence-corrected chi connectivity index (χ4v) is 1.56. The lowest BCUT2D eigenvalue weighted by atomic mass is 10.0. The van der Waals surface area contributed by atoms with Crippen molar-refractivity contribution in [3.63, 3.8) is 0 Å². The molecule has 1 aromatic rings. The first-order chi connectivity index (χ1) is 6.65. The molecule has 0 aliphatic heterocycles. The summed E-state index contributed by atoms with van der Waals surface area (Å²) in [6.45, 7) is 7.50. The third-order valence-electron chi connectivity index (χ3n) is 2.48. The van der Waals surface area contributed by atoms with Crippen LogP contribution >= 0.6 is 0 Å². The molecule has 0 radical (unpaired) electrons. The Balaban J connectivity index is 2.55. The van der Waals surface area contributed by atoms with E-state index in [-0.39, 0.29) is 6.04 Å². The van der Waals surface area contributed by atoms with E-state index in [1.165, 1.54) is 0 Å². The van der Waals surface area contributed by atoms with Crippen molar-refractivity contribution in [2.24, 2.45) is 11.7 Å². The topological polar surface area (TPSA) is 43.8 Å². The monoisotopic (exact) mass is 195 g/mol. The molecule has 0 saturated carbocycles. The smallest absolute Gasteiger partial charge is 0.125 e. The number of nitrogens with zero attached hydrogens (tertiary/aromatic N) is 2. The van der Waals surface area contributed by atoms with Gasteiger partial charge in [0.05, 0.1) is 6.04 Å². The largest absolute Gasteiger partial charge is 0.334 e. The molecule has 14 heavy (non-hydrogen) atoms. The quantitative estimate of drug-likeness (QED) is 0.783. The molecule has 1 aromatic heterocycles. The minimum atomic E-state index is 0.0901. The Bertz CT molecular complexity index is 265. The molecular weight excluding hydrogens is 174 g/mol. The van der Waals surface area contributed by atoms with Crippen molar-refractivity contribution < 1.29 is 0 Å². The molecule has 0 fully saturated rings. The molecule has 3 nitrogen and oxygen atoms in total. The normalized spacial score (nSPS) is 13.5. The maximum absolute atomic E-state index is 6.08. The van der Waals surface area contributed by atoms with Gasteiger partial charge in [-0.15, -0.1) is 0 Å². The average Bonchev–Trinajstić information content (AvgIpc) is 2.61. The summed E-state index contributed by atoms with van der Waals surface area (Å²) in [4.78, 5) is 4.30. The predicted octanol–water partition coefficient (Wildman–Crippen LogP) is 2.34. The zero-order valence-corrected chi connectivity index (χ0v) is 9.40. The number of rotatable bonds is 5. The van der Waals surface area contributed by atoms with E-state index in [9.17, 15) is 0 Å². The fourth-order valence-electron chi connectivity index (χ4n) is 1.56. The Hall–Kier alpha value is -0.830. The van der Waals surface area contributed by atoms with Crippen LogP contribution in [0.4, 0.5) is 0 Å². The highest BCUT2D eigenvalue weighted by Gasteiger charge is 2.11. The second kappa shape index (κ2) is 5.15. The van der Waals surface area contributed by atoms with Crippen LogP contribution in [0.3, 0.4) is 0 Å². The molecule has 0 amide bonds. The molecule has 1 heterocycles. The summed E-state index contributed by atoms with van der Waals surface area (Å²) in [5.74, 6) is 1.74. The van der Waals surface area contributed by atoms with E-state index in [2.05, 4.69) is 30.3 Å². The Labute approximate surface area is 86.3 Å². The van der Waals surface area contributed by atoms with Gasteiger partial charge in [-0.2, -0.15) is 0 Å². The van der Waals surface area contributed by atoms with E-state index in [0.717, 1.165) is 25.2 Å². The molecule has 3 heteroatoms. The predicted molar refractivity (Wildman–Crippen MR) is 58.9 cm³/mol. The summed E-state index contributed by atoms with van der Waals surface area (Å²) >= 11 is 0. The molecule has 1 rings (SSSR count). The molecule has 0 spiro atoms. The highest BCUT2D eigenvalue weighted by atomic mass is 15.1. The van der Waals surface area contributed by atoms with Gasteiger partial charge in [0.2, 0.25) is 0 Å². The zero-order chi connectivity index (χ0) is 10.6. The molecule has 1 atom stereocenters. The van der Waals surface area contributed by atoms with Crippen LogP contribution in [0.1, 0.15) is 45.5 Å².